The van der Waals surface area contributed by atoms with Crippen LogP contribution < -0.4 is 0 Å². The van der Waals surface area contributed by atoms with E-state index in [0.717, 1.165) is 28.8 Å². The molecule has 4 nitrogen and oxygen atoms in total. The van der Waals surface area contributed by atoms with Gasteiger partial charge in [-0.15, -0.1) is 0 Å². The lowest BCUT2D eigenvalue weighted by molar-refractivity contribution is -0.142. The topological polar surface area (TPSA) is 53.7 Å². The normalized spacial score (nSPS) is 20.5. The van der Waals surface area contributed by atoms with Gasteiger partial charge in [0.25, 0.3) is 0 Å². The Kier molecular flexibility index (Phi) is 4.12. The molecule has 1 fully saturated rings. The van der Waals surface area contributed by atoms with E-state index in [1.54, 1.807) is 6.26 Å². The van der Waals surface area contributed by atoms with E-state index in [2.05, 4.69) is 15.9 Å². The van der Waals surface area contributed by atoms with Gasteiger partial charge in [0.1, 0.15) is 11.8 Å². The molecule has 2 aromatic rings. The molecule has 3 rings (SSSR count). The van der Waals surface area contributed by atoms with Crippen LogP contribution in [-0.4, -0.2) is 28.6 Å². The molecule has 0 saturated carbocycles. The molecule has 1 aliphatic heterocycles. The molecule has 1 aliphatic rings. The first-order chi connectivity index (χ1) is 10.2. The zero-order valence-corrected chi connectivity index (χ0v) is 13.0. The Morgan fingerprint density at radius 2 is 2.14 bits per heavy atom. The molecule has 5 heteroatoms. The third-order valence-electron chi connectivity index (χ3n) is 3.92. The van der Waals surface area contributed by atoms with Crippen LogP contribution in [0.5, 0.6) is 0 Å². The van der Waals surface area contributed by atoms with Crippen LogP contribution in [0.25, 0.3) is 0 Å². The van der Waals surface area contributed by atoms with Crippen molar-refractivity contribution in [3.63, 3.8) is 0 Å². The van der Waals surface area contributed by atoms with Crippen molar-refractivity contribution < 1.29 is 14.3 Å². The van der Waals surface area contributed by atoms with E-state index in [1.165, 1.54) is 0 Å². The quantitative estimate of drug-likeness (QED) is 0.914. The van der Waals surface area contributed by atoms with Crippen LogP contribution in [0.4, 0.5) is 0 Å². The number of likely N-dealkylation sites (tertiary alicyclic amines) is 1. The number of rotatable bonds is 4. The van der Waals surface area contributed by atoms with Crippen LogP contribution in [0, 0.1) is 0 Å². The molecule has 2 unspecified atom stereocenters. The number of halogens is 1. The fourth-order valence-electron chi connectivity index (χ4n) is 3.00. The number of carbonyl (C=O) groups is 1. The van der Waals surface area contributed by atoms with E-state index >= 15 is 0 Å². The molecule has 0 radical (unpaired) electrons. The minimum atomic E-state index is -0.767. The summed E-state index contributed by atoms with van der Waals surface area (Å²) in [5, 5.41) is 9.46. The summed E-state index contributed by atoms with van der Waals surface area (Å²) in [6.45, 7) is 0.754. The van der Waals surface area contributed by atoms with Crippen LogP contribution in [0.2, 0.25) is 0 Å². The fourth-order valence-corrected chi connectivity index (χ4v) is 3.50. The van der Waals surface area contributed by atoms with Gasteiger partial charge in [0.15, 0.2) is 0 Å². The Morgan fingerprint density at radius 3 is 2.81 bits per heavy atom. The molecule has 2 atom stereocenters. The summed E-state index contributed by atoms with van der Waals surface area (Å²) in [6, 6.07) is 11.0. The number of hydrogen-bond acceptors (Lipinski definition) is 3. The Balaban J connectivity index is 2.05. The van der Waals surface area contributed by atoms with E-state index in [4.69, 9.17) is 4.42 Å². The highest BCUT2D eigenvalue weighted by Crippen LogP contribution is 2.38. The average Bonchev–Trinajstić information content (AvgIpc) is 3.13. The number of benzene rings is 1. The fraction of sp³-hybridized carbons (Fsp3) is 0.312. The Hall–Kier alpha value is -1.59. The Bertz CT molecular complexity index is 626. The maximum Gasteiger partial charge on any atom is 0.320 e. The first-order valence-electron chi connectivity index (χ1n) is 6.95. The summed E-state index contributed by atoms with van der Waals surface area (Å²) in [7, 11) is 0. The van der Waals surface area contributed by atoms with Gasteiger partial charge in [-0.2, -0.15) is 0 Å². The van der Waals surface area contributed by atoms with Crippen LogP contribution in [0.3, 0.4) is 0 Å². The highest BCUT2D eigenvalue weighted by Gasteiger charge is 2.38. The van der Waals surface area contributed by atoms with Crippen molar-refractivity contribution in [1.82, 2.24) is 4.90 Å². The van der Waals surface area contributed by atoms with Crippen molar-refractivity contribution in [2.24, 2.45) is 0 Å². The van der Waals surface area contributed by atoms with Gasteiger partial charge in [0, 0.05) is 11.0 Å². The van der Waals surface area contributed by atoms with Gasteiger partial charge in [-0.3, -0.25) is 9.69 Å². The molecular formula is C16H16BrNO3. The van der Waals surface area contributed by atoms with Crippen molar-refractivity contribution in [1.29, 1.82) is 0 Å². The van der Waals surface area contributed by atoms with Gasteiger partial charge >= 0.3 is 5.97 Å². The predicted molar refractivity (Wildman–Crippen MR) is 82.1 cm³/mol. The number of aliphatic carboxylic acids is 1. The third-order valence-corrected chi connectivity index (χ3v) is 4.65. The molecule has 0 amide bonds. The SMILES string of the molecule is O=C(O)C1CCCN1C(c1ccco1)c1ccccc1Br. The highest BCUT2D eigenvalue weighted by atomic mass is 79.9. The number of carboxylic acids is 1. The molecular weight excluding hydrogens is 334 g/mol. The highest BCUT2D eigenvalue weighted by molar-refractivity contribution is 9.10. The maximum absolute atomic E-state index is 11.5. The second-order valence-electron chi connectivity index (χ2n) is 5.17. The first kappa shape index (κ1) is 14.4. The summed E-state index contributed by atoms with van der Waals surface area (Å²) in [6.07, 6.45) is 3.20. The van der Waals surface area contributed by atoms with Gasteiger partial charge in [-0.1, -0.05) is 34.1 Å². The number of hydrogen-bond donors (Lipinski definition) is 1. The molecule has 1 saturated heterocycles. The second kappa shape index (κ2) is 6.03. The van der Waals surface area contributed by atoms with Crippen LogP contribution in [0.1, 0.15) is 30.2 Å². The molecule has 0 bridgehead atoms. The standard InChI is InChI=1S/C16H16BrNO3/c17-12-6-2-1-5-11(12)15(14-8-4-10-21-14)18-9-3-7-13(18)16(19)20/h1-2,4-6,8,10,13,15H,3,7,9H2,(H,19,20). The zero-order chi connectivity index (χ0) is 14.8. The van der Waals surface area contributed by atoms with Gasteiger partial charge in [-0.25, -0.2) is 0 Å². The summed E-state index contributed by atoms with van der Waals surface area (Å²) in [5.41, 5.74) is 1.03. The van der Waals surface area contributed by atoms with E-state index in [9.17, 15) is 9.90 Å². The van der Waals surface area contributed by atoms with Crippen LogP contribution in [0.15, 0.2) is 51.6 Å². The van der Waals surface area contributed by atoms with E-state index in [1.807, 2.05) is 41.3 Å². The lowest BCUT2D eigenvalue weighted by Gasteiger charge is -2.30. The Morgan fingerprint density at radius 1 is 1.33 bits per heavy atom. The van der Waals surface area contributed by atoms with Crippen molar-refractivity contribution in [2.75, 3.05) is 6.54 Å². The zero-order valence-electron chi connectivity index (χ0n) is 11.4. The predicted octanol–water partition coefficient (Wildman–Crippen LogP) is 3.68. The lowest BCUT2D eigenvalue weighted by atomic mass is 10.0. The van der Waals surface area contributed by atoms with E-state index in [-0.39, 0.29) is 6.04 Å². The molecule has 2 heterocycles. The van der Waals surface area contributed by atoms with Crippen LogP contribution in [-0.2, 0) is 4.79 Å². The summed E-state index contributed by atoms with van der Waals surface area (Å²) >= 11 is 3.57. The minimum absolute atomic E-state index is 0.181. The largest absolute Gasteiger partial charge is 0.480 e. The molecule has 0 spiro atoms. The van der Waals surface area contributed by atoms with Crippen molar-refractivity contribution in [3.05, 3.63) is 58.5 Å². The summed E-state index contributed by atoms with van der Waals surface area (Å²) in [5.74, 6) is 0.00570. The van der Waals surface area contributed by atoms with Crippen LogP contribution >= 0.6 is 15.9 Å². The molecule has 0 aliphatic carbocycles. The van der Waals surface area contributed by atoms with E-state index in [0.29, 0.717) is 6.42 Å². The average molecular weight is 350 g/mol. The van der Waals surface area contributed by atoms with Crippen molar-refractivity contribution in [2.45, 2.75) is 24.9 Å². The lowest BCUT2D eigenvalue weighted by Crippen LogP contribution is -2.39. The molecule has 1 N–H and O–H groups in total. The molecule has 1 aromatic carbocycles. The molecule has 1 aromatic heterocycles. The van der Waals surface area contributed by atoms with Gasteiger partial charge < -0.3 is 9.52 Å². The summed E-state index contributed by atoms with van der Waals surface area (Å²) < 4.78 is 6.55. The minimum Gasteiger partial charge on any atom is -0.480 e. The molecule has 110 valence electrons. The molecule has 21 heavy (non-hydrogen) atoms. The second-order valence-corrected chi connectivity index (χ2v) is 6.03. The number of furan rings is 1. The third kappa shape index (κ3) is 2.76. The van der Waals surface area contributed by atoms with E-state index < -0.39 is 12.0 Å². The monoisotopic (exact) mass is 349 g/mol. The maximum atomic E-state index is 11.5. The van der Waals surface area contributed by atoms with Gasteiger partial charge in [-0.05, 0) is 36.6 Å². The number of nitrogens with zero attached hydrogens (tertiary/aromatic N) is 1. The number of carboxylic acid groups (broad SMARTS) is 1. The van der Waals surface area contributed by atoms with Gasteiger partial charge in [0.05, 0.1) is 12.3 Å². The van der Waals surface area contributed by atoms with Crippen molar-refractivity contribution in [3.8, 4) is 0 Å². The first-order valence-corrected chi connectivity index (χ1v) is 7.74. The summed E-state index contributed by atoms with van der Waals surface area (Å²) in [4.78, 5) is 13.5. The van der Waals surface area contributed by atoms with Crippen molar-refractivity contribution >= 4 is 21.9 Å². The Labute approximate surface area is 131 Å². The smallest absolute Gasteiger partial charge is 0.320 e. The van der Waals surface area contributed by atoms with Gasteiger partial charge in [0.2, 0.25) is 0 Å².